The topological polar surface area (TPSA) is 147 Å². The largest absolute Gasteiger partial charge is 0.322 e. The number of unbranched alkanes of at least 4 members (excludes halogenated alkanes) is 1. The van der Waals surface area contributed by atoms with E-state index in [1.54, 1.807) is 13.0 Å². The third-order valence-electron chi connectivity index (χ3n) is 4.67. The summed E-state index contributed by atoms with van der Waals surface area (Å²) in [6.07, 6.45) is 3.00. The van der Waals surface area contributed by atoms with E-state index in [1.807, 2.05) is 6.92 Å². The van der Waals surface area contributed by atoms with Gasteiger partial charge < -0.3 is 5.32 Å². The number of benzene rings is 2. The molecule has 2 aromatic carbocycles. The average molecular weight is 504 g/mol. The van der Waals surface area contributed by atoms with E-state index in [1.165, 1.54) is 54.7 Å². The lowest BCUT2D eigenvalue weighted by Crippen LogP contribution is -2.25. The molecule has 0 aliphatic rings. The zero-order valence-electron chi connectivity index (χ0n) is 18.6. The predicted octanol–water partition coefficient (Wildman–Crippen LogP) is 2.92. The summed E-state index contributed by atoms with van der Waals surface area (Å²) < 4.78 is 54.7. The lowest BCUT2D eigenvalue weighted by molar-refractivity contribution is 0.102. The number of aryl methyl sites for hydroxylation is 1. The highest BCUT2D eigenvalue weighted by atomic mass is 32.2. The van der Waals surface area contributed by atoms with Crippen LogP contribution < -0.4 is 14.8 Å². The molecule has 0 saturated heterocycles. The Morgan fingerprint density at radius 2 is 1.68 bits per heavy atom. The van der Waals surface area contributed by atoms with E-state index in [0.717, 1.165) is 6.42 Å². The molecule has 0 fully saturated rings. The lowest BCUT2D eigenvalue weighted by Gasteiger charge is -2.10. The molecule has 0 aliphatic heterocycles. The Kier molecular flexibility index (Phi) is 7.97. The van der Waals surface area contributed by atoms with Gasteiger partial charge in [0.25, 0.3) is 15.9 Å². The Bertz CT molecular complexity index is 1370. The molecule has 180 valence electrons. The molecule has 1 aromatic heterocycles. The first kappa shape index (κ1) is 25.3. The number of amides is 1. The zero-order chi connectivity index (χ0) is 24.8. The fourth-order valence-electron chi connectivity index (χ4n) is 2.87. The van der Waals surface area contributed by atoms with Crippen molar-refractivity contribution in [3.63, 3.8) is 0 Å². The minimum Gasteiger partial charge on any atom is -0.322 e. The van der Waals surface area contributed by atoms with Gasteiger partial charge in [-0.2, -0.15) is 0 Å². The van der Waals surface area contributed by atoms with Crippen molar-refractivity contribution in [3.8, 4) is 0 Å². The van der Waals surface area contributed by atoms with Gasteiger partial charge in [-0.15, -0.1) is 0 Å². The normalized spacial score (nSPS) is 11.7. The number of rotatable bonds is 10. The van der Waals surface area contributed by atoms with E-state index >= 15 is 0 Å². The summed E-state index contributed by atoms with van der Waals surface area (Å²) in [5, 5.41) is 2.63. The van der Waals surface area contributed by atoms with Crippen LogP contribution in [-0.2, 0) is 20.0 Å². The van der Waals surface area contributed by atoms with Gasteiger partial charge in [0.1, 0.15) is 0 Å². The van der Waals surface area contributed by atoms with Crippen molar-refractivity contribution in [2.24, 2.45) is 0 Å². The van der Waals surface area contributed by atoms with Crippen LogP contribution >= 0.6 is 0 Å². The van der Waals surface area contributed by atoms with Crippen LogP contribution in [0.4, 0.5) is 11.6 Å². The fraction of sp³-hybridized carbons (Fsp3) is 0.227. The molecule has 0 unspecified atom stereocenters. The minimum atomic E-state index is -3.92. The van der Waals surface area contributed by atoms with Gasteiger partial charge >= 0.3 is 0 Å². The van der Waals surface area contributed by atoms with Crippen LogP contribution in [0.3, 0.4) is 0 Å². The molecule has 34 heavy (non-hydrogen) atoms. The van der Waals surface area contributed by atoms with Gasteiger partial charge in [-0.1, -0.05) is 19.4 Å². The molecule has 0 spiro atoms. The monoisotopic (exact) mass is 503 g/mol. The summed E-state index contributed by atoms with van der Waals surface area (Å²) >= 11 is 0. The molecule has 3 rings (SSSR count). The quantitative estimate of drug-likeness (QED) is 0.360. The second kappa shape index (κ2) is 10.7. The first-order valence-electron chi connectivity index (χ1n) is 10.4. The van der Waals surface area contributed by atoms with E-state index in [9.17, 15) is 21.6 Å². The predicted molar refractivity (Wildman–Crippen MR) is 129 cm³/mol. The molecule has 0 atom stereocenters. The Hall–Kier alpha value is -3.35. The van der Waals surface area contributed by atoms with Crippen LogP contribution in [0.2, 0.25) is 0 Å². The maximum absolute atomic E-state index is 12.6. The van der Waals surface area contributed by atoms with Crippen molar-refractivity contribution < 1.29 is 21.6 Å². The third-order valence-corrected chi connectivity index (χ3v) is 7.47. The molecule has 3 N–H and O–H groups in total. The molecule has 1 heterocycles. The highest BCUT2D eigenvalue weighted by Crippen LogP contribution is 2.18. The second-order valence-corrected chi connectivity index (χ2v) is 10.8. The van der Waals surface area contributed by atoms with Crippen molar-refractivity contribution in [1.82, 2.24) is 14.7 Å². The van der Waals surface area contributed by atoms with Crippen molar-refractivity contribution in [3.05, 3.63) is 72.1 Å². The van der Waals surface area contributed by atoms with Crippen molar-refractivity contribution in [1.29, 1.82) is 0 Å². The summed E-state index contributed by atoms with van der Waals surface area (Å²) in [5.74, 6) is -0.580. The summed E-state index contributed by atoms with van der Waals surface area (Å²) in [6.45, 7) is 3.98. The summed E-state index contributed by atoms with van der Waals surface area (Å²) in [4.78, 5) is 20.5. The molecule has 0 radical (unpaired) electrons. The Labute approximate surface area is 199 Å². The number of aromatic nitrogens is 2. The van der Waals surface area contributed by atoms with Crippen molar-refractivity contribution in [2.75, 3.05) is 16.6 Å². The zero-order valence-corrected chi connectivity index (χ0v) is 20.3. The number of carbonyl (C=O) groups is 1. The Morgan fingerprint density at radius 1 is 0.941 bits per heavy atom. The number of hydrogen-bond acceptors (Lipinski definition) is 7. The first-order valence-corrected chi connectivity index (χ1v) is 13.4. The number of nitrogens with zero attached hydrogens (tertiary/aromatic N) is 2. The van der Waals surface area contributed by atoms with E-state index in [4.69, 9.17) is 0 Å². The molecule has 12 heteroatoms. The van der Waals surface area contributed by atoms with E-state index in [-0.39, 0.29) is 21.3 Å². The number of nitrogens with one attached hydrogen (secondary N) is 3. The molecule has 0 bridgehead atoms. The van der Waals surface area contributed by atoms with Gasteiger partial charge in [0.2, 0.25) is 16.0 Å². The van der Waals surface area contributed by atoms with E-state index in [2.05, 4.69) is 24.7 Å². The van der Waals surface area contributed by atoms with Crippen LogP contribution in [0.5, 0.6) is 0 Å². The van der Waals surface area contributed by atoms with Crippen LogP contribution in [0.25, 0.3) is 0 Å². The smallest absolute Gasteiger partial charge is 0.264 e. The van der Waals surface area contributed by atoms with Crippen LogP contribution in [0, 0.1) is 6.92 Å². The van der Waals surface area contributed by atoms with Gasteiger partial charge in [-0.25, -0.2) is 36.2 Å². The van der Waals surface area contributed by atoms with Gasteiger partial charge in [0, 0.05) is 29.7 Å². The molecule has 0 saturated carbocycles. The van der Waals surface area contributed by atoms with Crippen LogP contribution in [0.1, 0.15) is 35.8 Å². The maximum Gasteiger partial charge on any atom is 0.264 e. The molecule has 10 nitrogen and oxygen atoms in total. The molecular weight excluding hydrogens is 478 g/mol. The van der Waals surface area contributed by atoms with Gasteiger partial charge in [-0.3, -0.25) is 4.79 Å². The van der Waals surface area contributed by atoms with Gasteiger partial charge in [0.05, 0.1) is 9.79 Å². The molecule has 0 aliphatic carbocycles. The van der Waals surface area contributed by atoms with Crippen LogP contribution in [0.15, 0.2) is 70.6 Å². The molecular formula is C22H25N5O5S2. The van der Waals surface area contributed by atoms with Gasteiger partial charge in [-0.05, 0) is 61.9 Å². The highest BCUT2D eigenvalue weighted by molar-refractivity contribution is 7.92. The summed E-state index contributed by atoms with van der Waals surface area (Å²) in [7, 11) is -7.65. The lowest BCUT2D eigenvalue weighted by atomic mass is 10.2. The number of anilines is 2. The van der Waals surface area contributed by atoms with E-state index < -0.39 is 26.0 Å². The third kappa shape index (κ3) is 6.59. The number of hydrogen-bond donors (Lipinski definition) is 3. The SMILES string of the molecule is CCCCNS(=O)(=O)c1cccc(C(=O)Nc2ccc(S(=O)(=O)Nc3nccc(C)n3)cc2)c1. The van der Waals surface area contributed by atoms with E-state index in [0.29, 0.717) is 24.3 Å². The number of carbonyl (C=O) groups excluding carboxylic acids is 1. The Balaban J connectivity index is 1.70. The summed E-state index contributed by atoms with van der Waals surface area (Å²) in [5.41, 5.74) is 1.10. The van der Waals surface area contributed by atoms with Crippen molar-refractivity contribution in [2.45, 2.75) is 36.5 Å². The first-order chi connectivity index (χ1) is 16.1. The van der Waals surface area contributed by atoms with Crippen LogP contribution in [-0.4, -0.2) is 39.3 Å². The Morgan fingerprint density at radius 3 is 2.35 bits per heavy atom. The molecule has 1 amide bonds. The molecule has 3 aromatic rings. The summed E-state index contributed by atoms with van der Waals surface area (Å²) in [6, 6.07) is 12.8. The minimum absolute atomic E-state index is 0.0119. The second-order valence-electron chi connectivity index (χ2n) is 7.38. The van der Waals surface area contributed by atoms with Crippen molar-refractivity contribution >= 4 is 37.6 Å². The maximum atomic E-state index is 12.6. The number of sulfonamides is 2. The van der Waals surface area contributed by atoms with Gasteiger partial charge in [0.15, 0.2) is 0 Å². The highest BCUT2D eigenvalue weighted by Gasteiger charge is 2.18. The fourth-order valence-corrected chi connectivity index (χ4v) is 4.94. The average Bonchev–Trinajstić information content (AvgIpc) is 2.79. The standard InChI is InChI=1S/C22H25N5O5S2/c1-3-4-13-24-33(29,30)20-7-5-6-17(15-20)21(28)26-18-8-10-19(11-9-18)34(31,32)27-22-23-14-12-16(2)25-22/h5-12,14-15,24H,3-4,13H2,1-2H3,(H,26,28)(H,23,25,27).